The molecule has 0 fully saturated rings. The minimum Gasteiger partial charge on any atom is -0.317 e. The second-order valence-corrected chi connectivity index (χ2v) is 4.44. The fourth-order valence-corrected chi connectivity index (χ4v) is 1.87. The minimum atomic E-state index is -0.375. The highest BCUT2D eigenvalue weighted by atomic mass is 79.9. The van der Waals surface area contributed by atoms with Gasteiger partial charge in [0.25, 0.3) is 0 Å². The molecule has 0 atom stereocenters. The van der Waals surface area contributed by atoms with Crippen LogP contribution in [0.4, 0.5) is 4.39 Å². The fourth-order valence-electron chi connectivity index (χ4n) is 1.53. The quantitative estimate of drug-likeness (QED) is 0.856. The summed E-state index contributed by atoms with van der Waals surface area (Å²) in [6, 6.07) is 8.40. The van der Waals surface area contributed by atoms with Crippen molar-refractivity contribution in [1.82, 2.24) is 9.55 Å². The lowest BCUT2D eigenvalue weighted by molar-refractivity contribution is 0.597. The van der Waals surface area contributed by atoms with Gasteiger partial charge in [-0.1, -0.05) is 22.0 Å². The molecule has 0 saturated carbocycles. The van der Waals surface area contributed by atoms with E-state index in [-0.39, 0.29) is 23.7 Å². The van der Waals surface area contributed by atoms with Gasteiger partial charge in [-0.15, -0.1) is 0 Å². The van der Waals surface area contributed by atoms with Gasteiger partial charge in [-0.3, -0.25) is 0 Å². The Hall–Kier alpha value is -2.18. The number of aromatic nitrogens is 2. The first kappa shape index (κ1) is 12.3. The monoisotopic (exact) mass is 304 g/mol. The van der Waals surface area contributed by atoms with Crippen molar-refractivity contribution >= 4 is 15.9 Å². The number of hydrogen-bond acceptors (Lipinski definition) is 3. The molecule has 6 heteroatoms. The molecule has 2 rings (SSSR count). The van der Waals surface area contributed by atoms with Gasteiger partial charge >= 0.3 is 0 Å². The summed E-state index contributed by atoms with van der Waals surface area (Å²) in [4.78, 5) is 3.80. The molecule has 4 nitrogen and oxygen atoms in total. The van der Waals surface area contributed by atoms with E-state index in [1.54, 1.807) is 12.1 Å². The van der Waals surface area contributed by atoms with Crippen LogP contribution in [0.2, 0.25) is 0 Å². The van der Waals surface area contributed by atoms with Crippen molar-refractivity contribution in [2.75, 3.05) is 0 Å². The maximum atomic E-state index is 13.6. The van der Waals surface area contributed by atoms with E-state index in [1.807, 2.05) is 12.1 Å². The molecule has 0 saturated heterocycles. The number of hydrogen-bond donors (Lipinski definition) is 0. The lowest BCUT2D eigenvalue weighted by Crippen LogP contribution is -2.03. The van der Waals surface area contributed by atoms with Crippen LogP contribution in [0.25, 0.3) is 0 Å². The molecule has 0 bridgehead atoms. The second kappa shape index (κ2) is 4.99. The third-order valence-corrected chi connectivity index (χ3v) is 2.90. The van der Waals surface area contributed by atoms with Crippen molar-refractivity contribution < 1.29 is 4.39 Å². The Morgan fingerprint density at radius 1 is 1.33 bits per heavy atom. The summed E-state index contributed by atoms with van der Waals surface area (Å²) >= 11 is 3.17. The zero-order chi connectivity index (χ0) is 13.1. The Kier molecular flexibility index (Phi) is 3.40. The Morgan fingerprint density at radius 2 is 2.11 bits per heavy atom. The molecule has 0 aliphatic carbocycles. The maximum absolute atomic E-state index is 13.6. The van der Waals surface area contributed by atoms with E-state index in [0.29, 0.717) is 10.0 Å². The molecule has 1 aromatic heterocycles. The zero-order valence-electron chi connectivity index (χ0n) is 9.06. The largest absolute Gasteiger partial charge is 0.317 e. The van der Waals surface area contributed by atoms with E-state index in [1.165, 1.54) is 17.0 Å². The SMILES string of the molecule is N#Cc1ncn(Cc2ccc(Br)cc2F)c1C#N. The highest BCUT2D eigenvalue weighted by molar-refractivity contribution is 9.10. The molecular weight excluding hydrogens is 299 g/mol. The summed E-state index contributed by atoms with van der Waals surface area (Å²) in [6.07, 6.45) is 1.36. The molecule has 2 aromatic rings. The molecule has 0 aliphatic rings. The Balaban J connectivity index is 2.38. The summed E-state index contributed by atoms with van der Waals surface area (Å²) in [6.45, 7) is 0.163. The number of nitriles is 2. The molecule has 0 N–H and O–H groups in total. The normalized spacial score (nSPS) is 9.78. The van der Waals surface area contributed by atoms with E-state index in [0.717, 1.165) is 0 Å². The van der Waals surface area contributed by atoms with E-state index >= 15 is 0 Å². The van der Waals surface area contributed by atoms with Crippen LogP contribution < -0.4 is 0 Å². The van der Waals surface area contributed by atoms with Gasteiger partial charge in [0.15, 0.2) is 11.4 Å². The van der Waals surface area contributed by atoms with Gasteiger partial charge < -0.3 is 4.57 Å². The van der Waals surface area contributed by atoms with Crippen LogP contribution >= 0.6 is 15.9 Å². The third-order valence-electron chi connectivity index (χ3n) is 2.41. The van der Waals surface area contributed by atoms with E-state index < -0.39 is 0 Å². The zero-order valence-corrected chi connectivity index (χ0v) is 10.6. The number of imidazole rings is 1. The van der Waals surface area contributed by atoms with Crippen LogP contribution in [-0.4, -0.2) is 9.55 Å². The Bertz CT molecular complexity index is 678. The smallest absolute Gasteiger partial charge is 0.176 e. The Labute approximate surface area is 111 Å². The van der Waals surface area contributed by atoms with Crippen LogP contribution in [0, 0.1) is 28.5 Å². The summed E-state index contributed by atoms with van der Waals surface area (Å²) < 4.78 is 15.7. The fraction of sp³-hybridized carbons (Fsp3) is 0.0833. The summed E-state index contributed by atoms with van der Waals surface area (Å²) in [7, 11) is 0. The number of rotatable bonds is 2. The average Bonchev–Trinajstić information content (AvgIpc) is 2.74. The van der Waals surface area contributed by atoms with Crippen molar-refractivity contribution in [3.8, 4) is 12.1 Å². The van der Waals surface area contributed by atoms with Crippen molar-refractivity contribution in [1.29, 1.82) is 10.5 Å². The predicted octanol–water partition coefficient (Wildman–Crippen LogP) is 2.58. The average molecular weight is 305 g/mol. The summed E-state index contributed by atoms with van der Waals surface area (Å²) in [5, 5.41) is 17.7. The lowest BCUT2D eigenvalue weighted by Gasteiger charge is -2.05. The van der Waals surface area contributed by atoms with Crippen LogP contribution in [-0.2, 0) is 6.54 Å². The maximum Gasteiger partial charge on any atom is 0.176 e. The van der Waals surface area contributed by atoms with Crippen molar-refractivity contribution in [3.63, 3.8) is 0 Å². The number of benzene rings is 1. The standard InChI is InChI=1S/C12H6BrFN4/c13-9-2-1-8(10(14)3-9)6-18-7-17-11(4-15)12(18)5-16/h1-3,7H,6H2. The number of halogens is 2. The van der Waals surface area contributed by atoms with E-state index in [9.17, 15) is 4.39 Å². The van der Waals surface area contributed by atoms with Gasteiger partial charge in [0.1, 0.15) is 18.0 Å². The lowest BCUT2D eigenvalue weighted by atomic mass is 10.2. The summed E-state index contributed by atoms with van der Waals surface area (Å²) in [5.74, 6) is -0.375. The van der Waals surface area contributed by atoms with Crippen LogP contribution in [0.15, 0.2) is 29.0 Å². The first-order chi connectivity index (χ1) is 8.65. The highest BCUT2D eigenvalue weighted by Gasteiger charge is 2.11. The molecule has 88 valence electrons. The van der Waals surface area contributed by atoms with E-state index in [2.05, 4.69) is 20.9 Å². The molecule has 18 heavy (non-hydrogen) atoms. The molecule has 1 heterocycles. The first-order valence-corrected chi connectivity index (χ1v) is 5.74. The summed E-state index contributed by atoms with van der Waals surface area (Å²) in [5.41, 5.74) is 0.617. The van der Waals surface area contributed by atoms with E-state index in [4.69, 9.17) is 10.5 Å². The third kappa shape index (κ3) is 2.24. The molecule has 0 aliphatic heterocycles. The van der Waals surface area contributed by atoms with Gasteiger partial charge in [0.2, 0.25) is 0 Å². The van der Waals surface area contributed by atoms with Crippen molar-refractivity contribution in [2.45, 2.75) is 6.54 Å². The number of nitrogens with zero attached hydrogens (tertiary/aromatic N) is 4. The molecule has 0 unspecified atom stereocenters. The van der Waals surface area contributed by atoms with Crippen molar-refractivity contribution in [2.24, 2.45) is 0 Å². The first-order valence-electron chi connectivity index (χ1n) is 4.95. The predicted molar refractivity (Wildman–Crippen MR) is 64.9 cm³/mol. The van der Waals surface area contributed by atoms with Gasteiger partial charge in [-0.25, -0.2) is 9.37 Å². The van der Waals surface area contributed by atoms with Gasteiger partial charge in [-0.2, -0.15) is 10.5 Å². The topological polar surface area (TPSA) is 65.4 Å². The molecule has 1 aromatic carbocycles. The molecule has 0 amide bonds. The molecule has 0 spiro atoms. The van der Waals surface area contributed by atoms with Crippen LogP contribution in [0.1, 0.15) is 17.0 Å². The minimum absolute atomic E-state index is 0.0509. The van der Waals surface area contributed by atoms with Crippen LogP contribution in [0.3, 0.4) is 0 Å². The second-order valence-electron chi connectivity index (χ2n) is 3.53. The highest BCUT2D eigenvalue weighted by Crippen LogP contribution is 2.17. The van der Waals surface area contributed by atoms with Gasteiger partial charge in [0.05, 0.1) is 12.9 Å². The van der Waals surface area contributed by atoms with Gasteiger partial charge in [-0.05, 0) is 12.1 Å². The Morgan fingerprint density at radius 3 is 2.72 bits per heavy atom. The van der Waals surface area contributed by atoms with Crippen LogP contribution in [0.5, 0.6) is 0 Å². The van der Waals surface area contributed by atoms with Gasteiger partial charge in [0, 0.05) is 10.0 Å². The molecule has 0 radical (unpaired) electrons. The molecular formula is C12H6BrFN4. The van der Waals surface area contributed by atoms with Crippen molar-refractivity contribution in [3.05, 3.63) is 51.8 Å².